The Bertz CT molecular complexity index is 461. The van der Waals surface area contributed by atoms with Crippen molar-refractivity contribution >= 4 is 5.97 Å². The summed E-state index contributed by atoms with van der Waals surface area (Å²) in [4.78, 5) is 10.8. The summed E-state index contributed by atoms with van der Waals surface area (Å²) >= 11 is 0. The molecule has 132 valence electrons. The van der Waals surface area contributed by atoms with Crippen LogP contribution >= 0.6 is 0 Å². The highest BCUT2D eigenvalue weighted by Gasteiger charge is 2.44. The Kier molecular flexibility index (Phi) is 6.91. The molecule has 1 saturated heterocycles. The predicted octanol–water partition coefficient (Wildman–Crippen LogP) is 0.586. The van der Waals surface area contributed by atoms with Crippen LogP contribution in [0.4, 0.5) is 0 Å². The van der Waals surface area contributed by atoms with Gasteiger partial charge in [-0.1, -0.05) is 12.2 Å². The van der Waals surface area contributed by atoms with Crippen molar-refractivity contribution in [3.63, 3.8) is 0 Å². The number of hydrogen-bond acceptors (Lipinski definition) is 6. The van der Waals surface area contributed by atoms with Crippen LogP contribution in [0.25, 0.3) is 0 Å². The quantitative estimate of drug-likeness (QED) is 0.399. The minimum atomic E-state index is -1.39. The summed E-state index contributed by atoms with van der Waals surface area (Å²) in [7, 11) is 0. The smallest absolute Gasteiger partial charge is 0.330 e. The third-order valence-electron chi connectivity index (χ3n) is 4.05. The van der Waals surface area contributed by atoms with E-state index >= 15 is 0 Å². The van der Waals surface area contributed by atoms with Crippen molar-refractivity contribution in [1.82, 2.24) is 0 Å². The fourth-order valence-corrected chi connectivity index (χ4v) is 2.25. The van der Waals surface area contributed by atoms with Gasteiger partial charge < -0.3 is 29.9 Å². The molecular formula is C16H26O7. The summed E-state index contributed by atoms with van der Waals surface area (Å²) in [6.07, 6.45) is -1.80. The van der Waals surface area contributed by atoms with Gasteiger partial charge >= 0.3 is 5.97 Å². The van der Waals surface area contributed by atoms with E-state index < -0.39 is 42.3 Å². The van der Waals surface area contributed by atoms with Gasteiger partial charge in [0.1, 0.15) is 18.3 Å². The van der Waals surface area contributed by atoms with Gasteiger partial charge in [0.05, 0.1) is 11.7 Å². The zero-order chi connectivity index (χ0) is 17.8. The van der Waals surface area contributed by atoms with Crippen LogP contribution in [0, 0.1) is 0 Å². The number of carbonyl (C=O) groups is 1. The fourth-order valence-electron chi connectivity index (χ4n) is 2.25. The van der Waals surface area contributed by atoms with Crippen LogP contribution in [0.3, 0.4) is 0 Å². The molecule has 7 nitrogen and oxygen atoms in total. The minimum absolute atomic E-state index is 0.234. The van der Waals surface area contributed by atoms with Gasteiger partial charge in [0.2, 0.25) is 0 Å². The molecule has 0 spiro atoms. The second kappa shape index (κ2) is 8.03. The second-order valence-corrected chi connectivity index (χ2v) is 6.05. The average Bonchev–Trinajstić information content (AvgIpc) is 2.50. The van der Waals surface area contributed by atoms with E-state index in [1.54, 1.807) is 19.9 Å². The molecule has 1 aliphatic heterocycles. The zero-order valence-electron chi connectivity index (χ0n) is 13.7. The third kappa shape index (κ3) is 5.12. The van der Waals surface area contributed by atoms with E-state index in [1.165, 1.54) is 13.0 Å². The third-order valence-corrected chi connectivity index (χ3v) is 4.05. The molecule has 1 rings (SSSR count). The lowest BCUT2D eigenvalue weighted by Crippen LogP contribution is -2.58. The van der Waals surface area contributed by atoms with E-state index in [0.717, 1.165) is 0 Å². The molecule has 0 radical (unpaired) electrons. The van der Waals surface area contributed by atoms with Gasteiger partial charge in [-0.25, -0.2) is 4.79 Å². The molecule has 4 N–H and O–H groups in total. The molecule has 0 aromatic heterocycles. The number of allylic oxidation sites excluding steroid dienone is 1. The molecule has 0 aromatic carbocycles. The van der Waals surface area contributed by atoms with E-state index in [9.17, 15) is 20.1 Å². The number of aliphatic carboxylic acids is 1. The first kappa shape index (κ1) is 19.8. The van der Waals surface area contributed by atoms with E-state index in [0.29, 0.717) is 12.8 Å². The standard InChI is InChI=1S/C16H26O7/c1-5-16(4,8-6-7-9(2)14(20)21)23-15-13(19)12(18)11(17)10(3)22-15/h5,7,10-13,15,17-19H,1,6,8H2,2-4H3,(H,20,21)/b9-7+/t10-,11-,12+,13-,15+,16-/m1/s1. The van der Waals surface area contributed by atoms with E-state index in [1.807, 2.05) is 0 Å². The van der Waals surface area contributed by atoms with Crippen molar-refractivity contribution in [2.75, 3.05) is 0 Å². The van der Waals surface area contributed by atoms with Gasteiger partial charge in [-0.15, -0.1) is 6.58 Å². The molecule has 0 aromatic rings. The number of aliphatic hydroxyl groups is 3. The van der Waals surface area contributed by atoms with E-state index in [-0.39, 0.29) is 5.57 Å². The molecule has 0 saturated carbocycles. The van der Waals surface area contributed by atoms with Gasteiger partial charge in [-0.2, -0.15) is 0 Å². The molecule has 0 bridgehead atoms. The summed E-state index contributed by atoms with van der Waals surface area (Å²) in [5, 5.41) is 38.3. The van der Waals surface area contributed by atoms with E-state index in [4.69, 9.17) is 14.6 Å². The summed E-state index contributed by atoms with van der Waals surface area (Å²) < 4.78 is 11.1. The topological polar surface area (TPSA) is 116 Å². The van der Waals surface area contributed by atoms with Crippen molar-refractivity contribution in [2.24, 2.45) is 0 Å². The number of aliphatic hydroxyl groups excluding tert-OH is 3. The summed E-state index contributed by atoms with van der Waals surface area (Å²) in [6.45, 7) is 8.49. The Labute approximate surface area is 135 Å². The molecule has 0 aliphatic carbocycles. The van der Waals surface area contributed by atoms with Gasteiger partial charge in [-0.3, -0.25) is 0 Å². The molecule has 7 heteroatoms. The Morgan fingerprint density at radius 2 is 1.91 bits per heavy atom. The number of ether oxygens (including phenoxy) is 2. The first-order valence-corrected chi connectivity index (χ1v) is 7.52. The SMILES string of the molecule is C=C[C@](C)(CC/C=C(\C)C(=O)O)O[C@@H]1O[C@H](C)[C@@H](O)[C@H](O)[C@H]1O. The first-order valence-electron chi connectivity index (χ1n) is 7.52. The van der Waals surface area contributed by atoms with Gasteiger partial charge in [-0.05, 0) is 33.6 Å². The maximum Gasteiger partial charge on any atom is 0.330 e. The minimum Gasteiger partial charge on any atom is -0.478 e. The van der Waals surface area contributed by atoms with Crippen molar-refractivity contribution in [1.29, 1.82) is 0 Å². The van der Waals surface area contributed by atoms with Gasteiger partial charge in [0, 0.05) is 5.57 Å². The van der Waals surface area contributed by atoms with Crippen LogP contribution in [-0.2, 0) is 14.3 Å². The normalized spacial score (nSPS) is 34.7. The highest BCUT2D eigenvalue weighted by Crippen LogP contribution is 2.28. The predicted molar refractivity (Wildman–Crippen MR) is 82.7 cm³/mol. The van der Waals surface area contributed by atoms with Crippen LogP contribution in [0.2, 0.25) is 0 Å². The number of carboxylic acids is 1. The lowest BCUT2D eigenvalue weighted by atomic mass is 9.97. The summed E-state index contributed by atoms with van der Waals surface area (Å²) in [5.74, 6) is -0.983. The Morgan fingerprint density at radius 1 is 1.30 bits per heavy atom. The molecular weight excluding hydrogens is 304 g/mol. The first-order chi connectivity index (χ1) is 10.6. The zero-order valence-corrected chi connectivity index (χ0v) is 13.7. The van der Waals surface area contributed by atoms with Crippen LogP contribution in [0.15, 0.2) is 24.3 Å². The Hall–Kier alpha value is -1.25. The number of hydrogen-bond donors (Lipinski definition) is 4. The van der Waals surface area contributed by atoms with E-state index in [2.05, 4.69) is 6.58 Å². The Morgan fingerprint density at radius 3 is 2.43 bits per heavy atom. The summed E-state index contributed by atoms with van der Waals surface area (Å²) in [6, 6.07) is 0. The monoisotopic (exact) mass is 330 g/mol. The molecule has 1 fully saturated rings. The van der Waals surface area contributed by atoms with Crippen molar-refractivity contribution in [3.05, 3.63) is 24.3 Å². The largest absolute Gasteiger partial charge is 0.478 e. The van der Waals surface area contributed by atoms with Crippen LogP contribution < -0.4 is 0 Å². The maximum absolute atomic E-state index is 10.8. The molecule has 0 unspecified atom stereocenters. The lowest BCUT2D eigenvalue weighted by molar-refractivity contribution is -0.313. The van der Waals surface area contributed by atoms with Gasteiger partial charge in [0.15, 0.2) is 6.29 Å². The number of carboxylic acid groups (broad SMARTS) is 1. The van der Waals surface area contributed by atoms with Crippen LogP contribution in [0.5, 0.6) is 0 Å². The highest BCUT2D eigenvalue weighted by molar-refractivity contribution is 5.85. The maximum atomic E-state index is 10.8. The molecule has 6 atom stereocenters. The molecule has 1 aliphatic rings. The molecule has 23 heavy (non-hydrogen) atoms. The van der Waals surface area contributed by atoms with Crippen molar-refractivity contribution < 1.29 is 34.7 Å². The van der Waals surface area contributed by atoms with Crippen molar-refractivity contribution in [2.45, 2.75) is 69.9 Å². The summed E-state index contributed by atoms with van der Waals surface area (Å²) in [5.41, 5.74) is -0.652. The average molecular weight is 330 g/mol. The highest BCUT2D eigenvalue weighted by atomic mass is 16.7. The number of rotatable bonds is 7. The van der Waals surface area contributed by atoms with Crippen molar-refractivity contribution in [3.8, 4) is 0 Å². The lowest BCUT2D eigenvalue weighted by Gasteiger charge is -2.42. The fraction of sp³-hybridized carbons (Fsp3) is 0.688. The molecule has 0 amide bonds. The van der Waals surface area contributed by atoms with Crippen LogP contribution in [-0.4, -0.2) is 62.7 Å². The second-order valence-electron chi connectivity index (χ2n) is 6.05. The van der Waals surface area contributed by atoms with Crippen LogP contribution in [0.1, 0.15) is 33.6 Å². The van der Waals surface area contributed by atoms with Gasteiger partial charge in [0.25, 0.3) is 0 Å². The molecule has 1 heterocycles. The Balaban J connectivity index is 2.72.